The Morgan fingerprint density at radius 3 is 3.06 bits per heavy atom. The Kier molecular flexibility index (Phi) is 3.35. The van der Waals surface area contributed by atoms with Crippen molar-refractivity contribution < 1.29 is 9.21 Å². The molecule has 0 unspecified atom stereocenters. The van der Waals surface area contributed by atoms with E-state index >= 15 is 0 Å². The maximum absolute atomic E-state index is 11.3. The van der Waals surface area contributed by atoms with E-state index in [-0.39, 0.29) is 5.91 Å². The first-order chi connectivity index (χ1) is 8.29. The van der Waals surface area contributed by atoms with Gasteiger partial charge in [-0.15, -0.1) is 6.58 Å². The lowest BCUT2D eigenvalue weighted by Crippen LogP contribution is -2.20. The van der Waals surface area contributed by atoms with E-state index in [0.717, 1.165) is 5.52 Å². The molecule has 2 rings (SSSR count). The first kappa shape index (κ1) is 11.1. The Hall–Kier alpha value is -2.36. The van der Waals surface area contributed by atoms with Crippen LogP contribution in [-0.4, -0.2) is 17.4 Å². The average Bonchev–Trinajstić information content (AvgIpc) is 2.76. The lowest BCUT2D eigenvalue weighted by atomic mass is 10.3. The topological polar surface area (TPSA) is 55.1 Å². The van der Waals surface area contributed by atoms with Crippen molar-refractivity contribution in [2.24, 2.45) is 0 Å². The summed E-state index contributed by atoms with van der Waals surface area (Å²) in [4.78, 5) is 15.5. The number of fused-ring (bicyclic) bond motifs is 1. The number of carbonyl (C=O) groups excluding carboxylic acids is 1. The largest absolute Gasteiger partial charge is 0.437 e. The highest BCUT2D eigenvalue weighted by Gasteiger charge is 2.01. The monoisotopic (exact) mass is 228 g/mol. The van der Waals surface area contributed by atoms with Crippen molar-refractivity contribution in [3.05, 3.63) is 48.9 Å². The van der Waals surface area contributed by atoms with E-state index < -0.39 is 0 Å². The van der Waals surface area contributed by atoms with E-state index in [2.05, 4.69) is 16.9 Å². The fourth-order valence-corrected chi connectivity index (χ4v) is 1.34. The lowest BCUT2D eigenvalue weighted by Gasteiger charge is -1.93. The van der Waals surface area contributed by atoms with E-state index in [4.69, 9.17) is 4.42 Å². The third-order valence-corrected chi connectivity index (χ3v) is 2.11. The van der Waals surface area contributed by atoms with E-state index in [1.165, 1.54) is 6.08 Å². The van der Waals surface area contributed by atoms with E-state index in [1.54, 1.807) is 12.2 Å². The predicted molar refractivity (Wildman–Crippen MR) is 66.2 cm³/mol. The van der Waals surface area contributed by atoms with E-state index in [9.17, 15) is 4.79 Å². The summed E-state index contributed by atoms with van der Waals surface area (Å²) in [5.41, 5.74) is 1.48. The molecular formula is C13H12N2O2. The normalized spacial score (nSPS) is 10.8. The third kappa shape index (κ3) is 2.81. The van der Waals surface area contributed by atoms with Gasteiger partial charge in [0.05, 0.1) is 0 Å². The predicted octanol–water partition coefficient (Wildman–Crippen LogP) is 2.14. The van der Waals surface area contributed by atoms with Crippen LogP contribution >= 0.6 is 0 Å². The molecule has 0 aliphatic rings. The second-order valence-corrected chi connectivity index (χ2v) is 3.39. The van der Waals surface area contributed by atoms with Crippen LogP contribution in [0.2, 0.25) is 0 Å². The summed E-state index contributed by atoms with van der Waals surface area (Å²) >= 11 is 0. The van der Waals surface area contributed by atoms with Crippen molar-refractivity contribution in [2.75, 3.05) is 6.54 Å². The summed E-state index contributed by atoms with van der Waals surface area (Å²) in [7, 11) is 0. The number of nitrogens with zero attached hydrogens (tertiary/aromatic N) is 1. The Labute approximate surface area is 98.6 Å². The molecule has 0 fully saturated rings. The fourth-order valence-electron chi connectivity index (χ4n) is 1.34. The molecule has 0 saturated carbocycles. The maximum atomic E-state index is 11.3. The zero-order valence-corrected chi connectivity index (χ0v) is 9.22. The molecule has 0 bridgehead atoms. The van der Waals surface area contributed by atoms with Gasteiger partial charge in [0, 0.05) is 18.7 Å². The maximum Gasteiger partial charge on any atom is 0.244 e. The van der Waals surface area contributed by atoms with Crippen LogP contribution in [0.3, 0.4) is 0 Å². The Balaban J connectivity index is 2.10. The first-order valence-electron chi connectivity index (χ1n) is 5.22. The van der Waals surface area contributed by atoms with Crippen LogP contribution in [0.15, 0.2) is 47.4 Å². The van der Waals surface area contributed by atoms with Crippen LogP contribution < -0.4 is 5.32 Å². The number of oxazole rings is 1. The fraction of sp³-hybridized carbons (Fsp3) is 0.0769. The number of amides is 1. The summed E-state index contributed by atoms with van der Waals surface area (Å²) in [6.07, 6.45) is 4.54. The Morgan fingerprint density at radius 1 is 1.47 bits per heavy atom. The van der Waals surface area contributed by atoms with Crippen molar-refractivity contribution in [1.29, 1.82) is 0 Å². The molecule has 0 aliphatic heterocycles. The summed E-state index contributed by atoms with van der Waals surface area (Å²) in [6, 6.07) is 7.44. The second-order valence-electron chi connectivity index (χ2n) is 3.39. The summed E-state index contributed by atoms with van der Waals surface area (Å²) in [6.45, 7) is 3.95. The van der Waals surface area contributed by atoms with Crippen molar-refractivity contribution in [2.45, 2.75) is 0 Å². The summed E-state index contributed by atoms with van der Waals surface area (Å²) in [5.74, 6) is 0.215. The van der Waals surface area contributed by atoms with Gasteiger partial charge in [-0.2, -0.15) is 0 Å². The summed E-state index contributed by atoms with van der Waals surface area (Å²) in [5, 5.41) is 2.62. The number of aromatic nitrogens is 1. The standard InChI is InChI=1S/C13H12N2O2/c1-2-9-14-12(16)7-8-13-15-10-5-3-4-6-11(10)17-13/h2-8H,1,9H2,(H,14,16). The number of hydrogen-bond acceptors (Lipinski definition) is 3. The van der Waals surface area contributed by atoms with Crippen LogP contribution in [0, 0.1) is 0 Å². The highest BCUT2D eigenvalue weighted by Crippen LogP contribution is 2.15. The molecule has 4 nitrogen and oxygen atoms in total. The van der Waals surface area contributed by atoms with Gasteiger partial charge in [-0.05, 0) is 12.1 Å². The van der Waals surface area contributed by atoms with Crippen molar-refractivity contribution in [3.63, 3.8) is 0 Å². The summed E-state index contributed by atoms with van der Waals surface area (Å²) < 4.78 is 5.42. The van der Waals surface area contributed by atoms with Gasteiger partial charge in [-0.3, -0.25) is 4.79 Å². The van der Waals surface area contributed by atoms with Gasteiger partial charge in [0.15, 0.2) is 5.58 Å². The van der Waals surface area contributed by atoms with Crippen LogP contribution in [0.4, 0.5) is 0 Å². The van der Waals surface area contributed by atoms with Gasteiger partial charge < -0.3 is 9.73 Å². The van der Waals surface area contributed by atoms with Gasteiger partial charge in [0.2, 0.25) is 11.8 Å². The van der Waals surface area contributed by atoms with Crippen molar-refractivity contribution in [1.82, 2.24) is 10.3 Å². The molecule has 2 aromatic rings. The third-order valence-electron chi connectivity index (χ3n) is 2.11. The van der Waals surface area contributed by atoms with E-state index in [1.807, 2.05) is 24.3 Å². The number of carbonyl (C=O) groups is 1. The number of rotatable bonds is 4. The highest BCUT2D eigenvalue weighted by atomic mass is 16.3. The lowest BCUT2D eigenvalue weighted by molar-refractivity contribution is -0.116. The molecule has 1 heterocycles. The Morgan fingerprint density at radius 2 is 2.29 bits per heavy atom. The zero-order chi connectivity index (χ0) is 12.1. The molecule has 1 N–H and O–H groups in total. The molecule has 1 aromatic heterocycles. The first-order valence-corrected chi connectivity index (χ1v) is 5.22. The number of nitrogens with one attached hydrogen (secondary N) is 1. The van der Waals surface area contributed by atoms with Gasteiger partial charge in [-0.1, -0.05) is 18.2 Å². The minimum Gasteiger partial charge on any atom is -0.437 e. The number of benzene rings is 1. The molecule has 0 atom stereocenters. The molecule has 4 heteroatoms. The molecule has 1 amide bonds. The number of para-hydroxylation sites is 2. The molecule has 0 saturated heterocycles. The quantitative estimate of drug-likeness (QED) is 0.644. The van der Waals surface area contributed by atoms with Crippen LogP contribution in [0.25, 0.3) is 17.2 Å². The minimum absolute atomic E-state index is 0.202. The zero-order valence-electron chi connectivity index (χ0n) is 9.22. The molecule has 17 heavy (non-hydrogen) atoms. The van der Waals surface area contributed by atoms with Crippen LogP contribution in [0.5, 0.6) is 0 Å². The highest BCUT2D eigenvalue weighted by molar-refractivity contribution is 5.91. The molecule has 1 aromatic carbocycles. The Bertz CT molecular complexity index is 537. The van der Waals surface area contributed by atoms with E-state index in [0.29, 0.717) is 18.0 Å². The molecule has 0 spiro atoms. The smallest absolute Gasteiger partial charge is 0.244 e. The van der Waals surface area contributed by atoms with Gasteiger partial charge in [0.1, 0.15) is 5.52 Å². The van der Waals surface area contributed by atoms with Crippen molar-refractivity contribution >= 4 is 23.1 Å². The average molecular weight is 228 g/mol. The van der Waals surface area contributed by atoms with Crippen molar-refractivity contribution in [3.8, 4) is 0 Å². The molecule has 0 radical (unpaired) electrons. The second kappa shape index (κ2) is 5.12. The SMILES string of the molecule is C=CCNC(=O)C=Cc1nc2ccccc2o1. The minimum atomic E-state index is -0.202. The van der Waals surface area contributed by atoms with Gasteiger partial charge in [0.25, 0.3) is 0 Å². The van der Waals surface area contributed by atoms with Crippen LogP contribution in [-0.2, 0) is 4.79 Å². The number of hydrogen-bond donors (Lipinski definition) is 1. The van der Waals surface area contributed by atoms with Gasteiger partial charge >= 0.3 is 0 Å². The molecular weight excluding hydrogens is 216 g/mol. The molecule has 86 valence electrons. The van der Waals surface area contributed by atoms with Gasteiger partial charge in [-0.25, -0.2) is 4.98 Å². The van der Waals surface area contributed by atoms with Crippen LogP contribution in [0.1, 0.15) is 5.89 Å². The molecule has 0 aliphatic carbocycles.